The van der Waals surface area contributed by atoms with Gasteiger partial charge >= 0.3 is 0 Å². The highest BCUT2D eigenvalue weighted by molar-refractivity contribution is 6.11. The number of rotatable bonds is 21. The van der Waals surface area contributed by atoms with Crippen LogP contribution in [0.5, 0.6) is 11.5 Å². The number of anilines is 2. The molecule has 0 saturated heterocycles. The van der Waals surface area contributed by atoms with Crippen LogP contribution >= 0.6 is 0 Å². The number of phenolic OH excluding ortho intramolecular Hbond substituents is 1. The molecule has 0 aliphatic carbocycles. The van der Waals surface area contributed by atoms with Gasteiger partial charge in [0.15, 0.2) is 5.75 Å². The number of carbonyl (C=O) groups is 1. The number of benzene rings is 4. The van der Waals surface area contributed by atoms with E-state index in [2.05, 4.69) is 53.3 Å². The van der Waals surface area contributed by atoms with E-state index in [1.807, 2.05) is 60.7 Å². The van der Waals surface area contributed by atoms with Gasteiger partial charge in [-0.05, 0) is 55.0 Å². The van der Waals surface area contributed by atoms with Gasteiger partial charge in [-0.15, -0.1) is 10.2 Å². The molecular formula is C41H54N4O3. The van der Waals surface area contributed by atoms with Crippen LogP contribution in [0.3, 0.4) is 0 Å². The Hall–Kier alpha value is -4.39. The molecule has 0 fully saturated rings. The van der Waals surface area contributed by atoms with Crippen molar-refractivity contribution in [3.63, 3.8) is 0 Å². The number of phenols is 1. The summed E-state index contributed by atoms with van der Waals surface area (Å²) in [5.41, 5.74) is 2.75. The van der Waals surface area contributed by atoms with Gasteiger partial charge in [0, 0.05) is 35.9 Å². The van der Waals surface area contributed by atoms with Gasteiger partial charge < -0.3 is 20.1 Å². The third kappa shape index (κ3) is 10.8. The number of fused-ring (bicyclic) bond motifs is 1. The fraction of sp³-hybridized carbons (Fsp3) is 0.439. The lowest BCUT2D eigenvalue weighted by Gasteiger charge is -2.26. The summed E-state index contributed by atoms with van der Waals surface area (Å²) in [7, 11) is 0. The van der Waals surface area contributed by atoms with Crippen LogP contribution in [-0.2, 0) is 0 Å². The fourth-order valence-corrected chi connectivity index (χ4v) is 5.85. The molecule has 7 heteroatoms. The Labute approximate surface area is 287 Å². The van der Waals surface area contributed by atoms with Crippen LogP contribution < -0.4 is 15.0 Å². The molecule has 7 nitrogen and oxygen atoms in total. The van der Waals surface area contributed by atoms with Gasteiger partial charge in [-0.1, -0.05) is 121 Å². The first-order valence-corrected chi connectivity index (χ1v) is 18.1. The van der Waals surface area contributed by atoms with E-state index < -0.39 is 5.91 Å². The Morgan fingerprint density at radius 2 is 1.38 bits per heavy atom. The molecule has 0 aliphatic heterocycles. The number of aromatic hydroxyl groups is 1. The molecule has 0 unspecified atom stereocenters. The summed E-state index contributed by atoms with van der Waals surface area (Å²) < 4.78 is 6.39. The molecule has 4 rings (SSSR count). The molecule has 0 heterocycles. The lowest BCUT2D eigenvalue weighted by Crippen LogP contribution is -2.25. The van der Waals surface area contributed by atoms with Crippen LogP contribution in [0.4, 0.5) is 22.7 Å². The van der Waals surface area contributed by atoms with Gasteiger partial charge in [-0.2, -0.15) is 0 Å². The standard InChI is InChI=1S/C41H54N4O3/c1-4-7-10-18-27-45(28-19-11-8-5-2)34-25-26-37(38(31-34)48-29-20-12-9-6-3)43-44-39-35-24-17-16-21-32(35)30-36(40(39)46)41(47)42-33-22-14-13-15-23-33/h13-17,21-26,30-31,46H,4-12,18-20,27-29H2,1-3H3,(H,42,47). The van der Waals surface area contributed by atoms with Crippen LogP contribution in [-0.4, -0.2) is 30.7 Å². The van der Waals surface area contributed by atoms with Crippen molar-refractivity contribution < 1.29 is 14.6 Å². The molecule has 1 amide bonds. The predicted molar refractivity (Wildman–Crippen MR) is 201 cm³/mol. The van der Waals surface area contributed by atoms with Crippen LogP contribution in [0.1, 0.15) is 108 Å². The Morgan fingerprint density at radius 3 is 2.06 bits per heavy atom. The Balaban J connectivity index is 1.67. The zero-order chi connectivity index (χ0) is 34.0. The van der Waals surface area contributed by atoms with Gasteiger partial charge in [0.25, 0.3) is 5.91 Å². The number of para-hydroxylation sites is 1. The van der Waals surface area contributed by atoms with Crippen molar-refractivity contribution in [2.75, 3.05) is 29.9 Å². The molecular weight excluding hydrogens is 596 g/mol. The minimum atomic E-state index is -0.417. The molecule has 0 radical (unpaired) electrons. The molecule has 256 valence electrons. The van der Waals surface area contributed by atoms with Crippen molar-refractivity contribution in [2.24, 2.45) is 10.2 Å². The Morgan fingerprint density at radius 1 is 0.729 bits per heavy atom. The molecule has 48 heavy (non-hydrogen) atoms. The monoisotopic (exact) mass is 650 g/mol. The zero-order valence-electron chi connectivity index (χ0n) is 29.2. The van der Waals surface area contributed by atoms with Crippen molar-refractivity contribution in [1.29, 1.82) is 0 Å². The molecule has 2 N–H and O–H groups in total. The van der Waals surface area contributed by atoms with Gasteiger partial charge in [-0.3, -0.25) is 4.79 Å². The lowest BCUT2D eigenvalue weighted by molar-refractivity contribution is 0.102. The van der Waals surface area contributed by atoms with Crippen LogP contribution in [0.15, 0.2) is 89.1 Å². The number of nitrogens with one attached hydrogen (secondary N) is 1. The van der Waals surface area contributed by atoms with E-state index in [9.17, 15) is 9.90 Å². The van der Waals surface area contributed by atoms with E-state index in [-0.39, 0.29) is 17.0 Å². The van der Waals surface area contributed by atoms with Gasteiger partial charge in [0.1, 0.15) is 17.1 Å². The van der Waals surface area contributed by atoms with Crippen molar-refractivity contribution in [3.05, 3.63) is 84.4 Å². The number of carbonyl (C=O) groups excluding carboxylic acids is 1. The highest BCUT2D eigenvalue weighted by Crippen LogP contribution is 2.41. The predicted octanol–water partition coefficient (Wildman–Crippen LogP) is 12.1. The summed E-state index contributed by atoms with van der Waals surface area (Å²) in [5, 5.41) is 25.0. The molecule has 4 aromatic rings. The number of unbranched alkanes of at least 4 members (excludes halogenated alkanes) is 9. The summed E-state index contributed by atoms with van der Waals surface area (Å²) in [6.45, 7) is 9.33. The van der Waals surface area contributed by atoms with Crippen molar-refractivity contribution in [3.8, 4) is 11.5 Å². The second-order valence-corrected chi connectivity index (χ2v) is 12.5. The fourth-order valence-electron chi connectivity index (χ4n) is 5.85. The number of nitrogens with zero attached hydrogens (tertiary/aromatic N) is 3. The highest BCUT2D eigenvalue weighted by Gasteiger charge is 2.19. The van der Waals surface area contributed by atoms with E-state index in [4.69, 9.17) is 4.74 Å². The van der Waals surface area contributed by atoms with Crippen LogP contribution in [0.25, 0.3) is 10.8 Å². The van der Waals surface area contributed by atoms with Crippen LogP contribution in [0, 0.1) is 0 Å². The van der Waals surface area contributed by atoms with Crippen molar-refractivity contribution in [1.82, 2.24) is 0 Å². The minimum absolute atomic E-state index is 0.135. The molecule has 0 spiro atoms. The smallest absolute Gasteiger partial charge is 0.259 e. The van der Waals surface area contributed by atoms with E-state index in [1.54, 1.807) is 6.07 Å². The van der Waals surface area contributed by atoms with E-state index in [1.165, 1.54) is 51.4 Å². The second kappa shape index (κ2) is 20.1. The summed E-state index contributed by atoms with van der Waals surface area (Å²) in [4.78, 5) is 15.8. The van der Waals surface area contributed by atoms with E-state index in [0.717, 1.165) is 49.8 Å². The molecule has 0 atom stereocenters. The SMILES string of the molecule is CCCCCCOc1cc(N(CCCCCC)CCCCCC)ccc1N=Nc1c(O)c(C(=O)Nc2ccccc2)cc2ccccc12. The summed E-state index contributed by atoms with van der Waals surface area (Å²) in [6, 6.07) is 24.7. The lowest BCUT2D eigenvalue weighted by atomic mass is 10.0. The summed E-state index contributed by atoms with van der Waals surface area (Å²) in [6.07, 6.45) is 14.2. The molecule has 0 aliphatic rings. The van der Waals surface area contributed by atoms with Gasteiger partial charge in [0.05, 0.1) is 12.2 Å². The molecule has 4 aromatic carbocycles. The first kappa shape index (κ1) is 36.4. The number of azo groups is 1. The van der Waals surface area contributed by atoms with E-state index in [0.29, 0.717) is 29.1 Å². The maximum absolute atomic E-state index is 13.3. The average Bonchev–Trinajstić information content (AvgIpc) is 3.11. The van der Waals surface area contributed by atoms with E-state index >= 15 is 0 Å². The Bertz CT molecular complexity index is 1580. The summed E-state index contributed by atoms with van der Waals surface area (Å²) >= 11 is 0. The van der Waals surface area contributed by atoms with Crippen molar-refractivity contribution >= 4 is 39.4 Å². The first-order chi connectivity index (χ1) is 23.5. The van der Waals surface area contributed by atoms with Crippen molar-refractivity contribution in [2.45, 2.75) is 97.8 Å². The largest absolute Gasteiger partial charge is 0.505 e. The van der Waals surface area contributed by atoms with Gasteiger partial charge in [0.2, 0.25) is 0 Å². The highest BCUT2D eigenvalue weighted by atomic mass is 16.5. The molecule has 0 aromatic heterocycles. The maximum atomic E-state index is 13.3. The zero-order valence-corrected chi connectivity index (χ0v) is 29.2. The number of hydrogen-bond acceptors (Lipinski definition) is 6. The minimum Gasteiger partial charge on any atom is -0.505 e. The summed E-state index contributed by atoms with van der Waals surface area (Å²) in [5.74, 6) is 0.0517. The average molecular weight is 651 g/mol. The second-order valence-electron chi connectivity index (χ2n) is 12.5. The quantitative estimate of drug-likeness (QED) is 0.0694. The number of hydrogen-bond donors (Lipinski definition) is 2. The number of ether oxygens (including phenoxy) is 1. The number of amides is 1. The maximum Gasteiger partial charge on any atom is 0.259 e. The third-order valence-corrected chi connectivity index (χ3v) is 8.66. The topological polar surface area (TPSA) is 86.5 Å². The Kier molecular flexibility index (Phi) is 15.2. The molecule has 0 saturated carbocycles. The van der Waals surface area contributed by atoms with Gasteiger partial charge in [-0.25, -0.2) is 0 Å². The first-order valence-electron chi connectivity index (χ1n) is 18.1. The normalized spacial score (nSPS) is 11.3. The molecule has 0 bridgehead atoms. The van der Waals surface area contributed by atoms with Crippen LogP contribution in [0.2, 0.25) is 0 Å². The third-order valence-electron chi connectivity index (χ3n) is 8.66.